The van der Waals surface area contributed by atoms with Crippen molar-refractivity contribution in [3.05, 3.63) is 42.2 Å². The molecule has 19 heavy (non-hydrogen) atoms. The van der Waals surface area contributed by atoms with Gasteiger partial charge in [-0.15, -0.1) is 5.10 Å². The van der Waals surface area contributed by atoms with Gasteiger partial charge in [0.05, 0.1) is 0 Å². The predicted octanol–water partition coefficient (Wildman–Crippen LogP) is 1.93. The van der Waals surface area contributed by atoms with Crippen molar-refractivity contribution in [2.24, 2.45) is 7.05 Å². The molecule has 1 atom stereocenters. The summed E-state index contributed by atoms with van der Waals surface area (Å²) in [6.07, 6.45) is 1.54. The number of hydrogen-bond acceptors (Lipinski definition) is 4. The second kappa shape index (κ2) is 6.33. The van der Waals surface area contributed by atoms with E-state index >= 15 is 0 Å². The minimum absolute atomic E-state index is 0.0917. The van der Waals surface area contributed by atoms with Crippen molar-refractivity contribution in [2.45, 2.75) is 26.0 Å². The molecule has 1 heterocycles. The summed E-state index contributed by atoms with van der Waals surface area (Å²) in [6, 6.07) is 10.9. The largest absolute Gasteiger partial charge is 0.453 e. The summed E-state index contributed by atoms with van der Waals surface area (Å²) in [5, 5.41) is 7.54. The number of ether oxygens (including phenoxy) is 1. The Bertz CT molecular complexity index is 495. The van der Waals surface area contributed by atoms with Crippen LogP contribution in [0.25, 0.3) is 0 Å². The van der Waals surface area contributed by atoms with Crippen LogP contribution in [0.4, 0.5) is 0 Å². The van der Waals surface area contributed by atoms with Crippen LogP contribution in [0.1, 0.15) is 25.5 Å². The normalized spacial score (nSPS) is 12.6. The Balaban J connectivity index is 2.10. The fraction of sp³-hybridized carbons (Fsp3) is 0.429. The number of benzene rings is 1. The molecule has 0 amide bonds. The first-order valence-electron chi connectivity index (χ1n) is 6.46. The molecule has 1 aromatic carbocycles. The Hall–Kier alpha value is -1.88. The summed E-state index contributed by atoms with van der Waals surface area (Å²) in [5.74, 6) is 0. The summed E-state index contributed by atoms with van der Waals surface area (Å²) in [7, 11) is 1.82. The van der Waals surface area contributed by atoms with Crippen LogP contribution in [0.2, 0.25) is 0 Å². The lowest BCUT2D eigenvalue weighted by molar-refractivity contribution is 0.181. The highest BCUT2D eigenvalue weighted by Crippen LogP contribution is 2.18. The second-order valence-corrected chi connectivity index (χ2v) is 4.78. The molecule has 1 N–H and O–H groups in total. The average molecular weight is 260 g/mol. The fourth-order valence-corrected chi connectivity index (χ4v) is 1.74. The molecule has 0 spiro atoms. The van der Waals surface area contributed by atoms with Gasteiger partial charge in [-0.3, -0.25) is 4.68 Å². The highest BCUT2D eigenvalue weighted by molar-refractivity contribution is 5.19. The maximum absolute atomic E-state index is 5.87. The molecular weight excluding hydrogens is 240 g/mol. The van der Waals surface area contributed by atoms with Gasteiger partial charge in [0.2, 0.25) is 0 Å². The van der Waals surface area contributed by atoms with Crippen LogP contribution in [0.15, 0.2) is 36.7 Å². The monoisotopic (exact) mass is 260 g/mol. The Morgan fingerprint density at radius 1 is 1.26 bits per heavy atom. The maximum Gasteiger partial charge on any atom is 0.336 e. The van der Waals surface area contributed by atoms with Crippen molar-refractivity contribution in [2.75, 3.05) is 6.54 Å². The molecule has 2 rings (SSSR count). The van der Waals surface area contributed by atoms with Gasteiger partial charge >= 0.3 is 6.01 Å². The minimum Gasteiger partial charge on any atom is -0.453 e. The van der Waals surface area contributed by atoms with Crippen LogP contribution in [-0.2, 0) is 7.05 Å². The van der Waals surface area contributed by atoms with Crippen LogP contribution in [0, 0.1) is 0 Å². The smallest absolute Gasteiger partial charge is 0.336 e. The number of nitrogens with zero attached hydrogens (tertiary/aromatic N) is 3. The molecule has 0 saturated heterocycles. The van der Waals surface area contributed by atoms with Gasteiger partial charge in [0, 0.05) is 19.6 Å². The van der Waals surface area contributed by atoms with Gasteiger partial charge in [0.1, 0.15) is 12.4 Å². The quantitative estimate of drug-likeness (QED) is 0.862. The number of aromatic nitrogens is 3. The molecule has 0 aliphatic carbocycles. The zero-order valence-corrected chi connectivity index (χ0v) is 11.6. The lowest BCUT2D eigenvalue weighted by Gasteiger charge is -2.19. The molecule has 1 unspecified atom stereocenters. The van der Waals surface area contributed by atoms with Gasteiger partial charge in [-0.2, -0.15) is 4.98 Å². The highest BCUT2D eigenvalue weighted by atomic mass is 16.5. The standard InChI is InChI=1S/C14H20N4O/c1-11(2)15-9-13(12-7-5-4-6-8-12)19-14-16-10-18(3)17-14/h4-8,10-11,13,15H,9H2,1-3H3. The first-order chi connectivity index (χ1) is 9.15. The lowest BCUT2D eigenvalue weighted by atomic mass is 10.1. The van der Waals surface area contributed by atoms with E-state index < -0.39 is 0 Å². The highest BCUT2D eigenvalue weighted by Gasteiger charge is 2.15. The van der Waals surface area contributed by atoms with Crippen LogP contribution in [-0.4, -0.2) is 27.4 Å². The van der Waals surface area contributed by atoms with Gasteiger partial charge in [-0.1, -0.05) is 44.2 Å². The molecule has 2 aromatic rings. The van der Waals surface area contributed by atoms with Gasteiger partial charge in [-0.05, 0) is 5.56 Å². The first-order valence-corrected chi connectivity index (χ1v) is 6.46. The number of nitrogens with one attached hydrogen (secondary N) is 1. The molecule has 0 saturated carbocycles. The third-order valence-corrected chi connectivity index (χ3v) is 2.71. The molecule has 0 aliphatic rings. The number of aryl methyl sites for hydroxylation is 1. The van der Waals surface area contributed by atoms with Gasteiger partial charge in [0.25, 0.3) is 0 Å². The molecule has 0 radical (unpaired) electrons. The molecule has 1 aromatic heterocycles. The van der Waals surface area contributed by atoms with Crippen LogP contribution < -0.4 is 10.1 Å². The van der Waals surface area contributed by atoms with Crippen molar-refractivity contribution < 1.29 is 4.74 Å². The molecule has 5 nitrogen and oxygen atoms in total. The summed E-state index contributed by atoms with van der Waals surface area (Å²) >= 11 is 0. The van der Waals surface area contributed by atoms with E-state index in [0.29, 0.717) is 12.1 Å². The summed E-state index contributed by atoms with van der Waals surface area (Å²) in [6.45, 7) is 4.95. The van der Waals surface area contributed by atoms with E-state index in [1.54, 1.807) is 11.0 Å². The van der Waals surface area contributed by atoms with E-state index in [1.165, 1.54) is 0 Å². The Labute approximate surface area is 113 Å². The minimum atomic E-state index is -0.0917. The van der Waals surface area contributed by atoms with Crippen molar-refractivity contribution in [1.82, 2.24) is 20.1 Å². The molecule has 0 fully saturated rings. The van der Waals surface area contributed by atoms with Crippen LogP contribution in [0.5, 0.6) is 6.01 Å². The SMILES string of the molecule is CC(C)NCC(Oc1ncn(C)n1)c1ccccc1. The first kappa shape index (κ1) is 13.5. The van der Waals surface area contributed by atoms with E-state index in [4.69, 9.17) is 4.74 Å². The van der Waals surface area contributed by atoms with E-state index in [9.17, 15) is 0 Å². The number of rotatable bonds is 6. The zero-order valence-electron chi connectivity index (χ0n) is 11.6. The van der Waals surface area contributed by atoms with E-state index in [-0.39, 0.29) is 6.10 Å². The maximum atomic E-state index is 5.87. The van der Waals surface area contributed by atoms with Crippen molar-refractivity contribution in [3.8, 4) is 6.01 Å². The van der Waals surface area contributed by atoms with E-state index in [1.807, 2.05) is 25.2 Å². The Kier molecular flexibility index (Phi) is 4.52. The summed E-state index contributed by atoms with van der Waals surface area (Å²) in [4.78, 5) is 4.11. The van der Waals surface area contributed by atoms with E-state index in [2.05, 4.69) is 41.4 Å². The summed E-state index contributed by atoms with van der Waals surface area (Å²) < 4.78 is 7.50. The van der Waals surface area contributed by atoms with Gasteiger partial charge < -0.3 is 10.1 Å². The third kappa shape index (κ3) is 4.06. The van der Waals surface area contributed by atoms with Gasteiger partial charge in [0.15, 0.2) is 0 Å². The Morgan fingerprint density at radius 2 is 2.00 bits per heavy atom. The van der Waals surface area contributed by atoms with E-state index in [0.717, 1.165) is 12.1 Å². The zero-order chi connectivity index (χ0) is 13.7. The third-order valence-electron chi connectivity index (χ3n) is 2.71. The summed E-state index contributed by atoms with van der Waals surface area (Å²) in [5.41, 5.74) is 1.11. The lowest BCUT2D eigenvalue weighted by Crippen LogP contribution is -2.30. The number of hydrogen-bond donors (Lipinski definition) is 1. The average Bonchev–Trinajstić information content (AvgIpc) is 2.81. The van der Waals surface area contributed by atoms with Crippen LogP contribution in [0.3, 0.4) is 0 Å². The van der Waals surface area contributed by atoms with Crippen molar-refractivity contribution in [1.29, 1.82) is 0 Å². The Morgan fingerprint density at radius 3 is 2.58 bits per heavy atom. The van der Waals surface area contributed by atoms with Crippen molar-refractivity contribution in [3.63, 3.8) is 0 Å². The molecule has 0 bridgehead atoms. The van der Waals surface area contributed by atoms with Gasteiger partial charge in [-0.25, -0.2) is 0 Å². The molecule has 102 valence electrons. The predicted molar refractivity (Wildman–Crippen MR) is 74.0 cm³/mol. The second-order valence-electron chi connectivity index (χ2n) is 4.78. The van der Waals surface area contributed by atoms with Crippen LogP contribution >= 0.6 is 0 Å². The molecule has 0 aliphatic heterocycles. The fourth-order valence-electron chi connectivity index (χ4n) is 1.74. The molecular formula is C14H20N4O. The topological polar surface area (TPSA) is 52.0 Å². The molecule has 5 heteroatoms. The van der Waals surface area contributed by atoms with Crippen molar-refractivity contribution >= 4 is 0 Å².